The normalized spacial score (nSPS) is 28.5. The van der Waals surface area contributed by atoms with Crippen molar-refractivity contribution in [2.75, 3.05) is 6.61 Å². The summed E-state index contributed by atoms with van der Waals surface area (Å²) in [7, 11) is 0. The standard InChI is InChI=1S/C15H28N4O/c1-4-19-14(17-11-18-19)9-13(16)15(20-5-2)8-6-7-12(3)10-15/h11-13H,4-10,16H2,1-3H3. The van der Waals surface area contributed by atoms with Gasteiger partial charge in [0.2, 0.25) is 0 Å². The molecule has 0 aliphatic heterocycles. The van der Waals surface area contributed by atoms with E-state index in [2.05, 4.69) is 30.9 Å². The molecule has 2 rings (SSSR count). The van der Waals surface area contributed by atoms with Crippen LogP contribution >= 0.6 is 0 Å². The van der Waals surface area contributed by atoms with Crippen molar-refractivity contribution in [1.29, 1.82) is 0 Å². The van der Waals surface area contributed by atoms with Crippen LogP contribution in [0.15, 0.2) is 6.33 Å². The Morgan fingerprint density at radius 1 is 1.55 bits per heavy atom. The summed E-state index contributed by atoms with van der Waals surface area (Å²) in [6.07, 6.45) is 6.96. The maximum Gasteiger partial charge on any atom is 0.138 e. The second-order valence-electron chi connectivity index (χ2n) is 6.00. The third kappa shape index (κ3) is 3.20. The van der Waals surface area contributed by atoms with Gasteiger partial charge in [0.05, 0.1) is 5.60 Å². The molecule has 1 aliphatic rings. The highest BCUT2D eigenvalue weighted by Gasteiger charge is 2.41. The summed E-state index contributed by atoms with van der Waals surface area (Å²) < 4.78 is 8.06. The number of nitrogens with zero attached hydrogens (tertiary/aromatic N) is 3. The van der Waals surface area contributed by atoms with Crippen molar-refractivity contribution in [3.05, 3.63) is 12.2 Å². The van der Waals surface area contributed by atoms with Gasteiger partial charge < -0.3 is 10.5 Å². The summed E-state index contributed by atoms with van der Waals surface area (Å²) >= 11 is 0. The molecule has 1 aromatic rings. The molecule has 1 fully saturated rings. The number of ether oxygens (including phenoxy) is 1. The summed E-state index contributed by atoms with van der Waals surface area (Å²) in [5, 5.41) is 4.23. The highest BCUT2D eigenvalue weighted by atomic mass is 16.5. The van der Waals surface area contributed by atoms with Crippen LogP contribution in [0.1, 0.15) is 52.3 Å². The zero-order valence-electron chi connectivity index (χ0n) is 13.0. The Balaban J connectivity index is 2.12. The molecule has 0 spiro atoms. The van der Waals surface area contributed by atoms with Crippen LogP contribution in [0, 0.1) is 5.92 Å². The van der Waals surface area contributed by atoms with E-state index in [4.69, 9.17) is 10.5 Å². The zero-order chi connectivity index (χ0) is 14.6. The van der Waals surface area contributed by atoms with Crippen LogP contribution < -0.4 is 5.73 Å². The second-order valence-corrected chi connectivity index (χ2v) is 6.00. The third-order valence-corrected chi connectivity index (χ3v) is 4.50. The molecule has 3 unspecified atom stereocenters. The lowest BCUT2D eigenvalue weighted by molar-refractivity contribution is -0.0929. The van der Waals surface area contributed by atoms with Gasteiger partial charge in [0.15, 0.2) is 0 Å². The zero-order valence-corrected chi connectivity index (χ0v) is 13.0. The van der Waals surface area contributed by atoms with E-state index in [-0.39, 0.29) is 11.6 Å². The first-order valence-electron chi connectivity index (χ1n) is 7.87. The van der Waals surface area contributed by atoms with Gasteiger partial charge in [-0.25, -0.2) is 4.98 Å². The first-order chi connectivity index (χ1) is 9.61. The van der Waals surface area contributed by atoms with Crippen molar-refractivity contribution in [2.24, 2.45) is 11.7 Å². The van der Waals surface area contributed by atoms with Gasteiger partial charge in [0, 0.05) is 25.6 Å². The van der Waals surface area contributed by atoms with Crippen LogP contribution in [-0.2, 0) is 17.7 Å². The molecule has 0 aromatic carbocycles. The molecular weight excluding hydrogens is 252 g/mol. The highest BCUT2D eigenvalue weighted by Crippen LogP contribution is 2.37. The second kappa shape index (κ2) is 6.68. The molecule has 5 nitrogen and oxygen atoms in total. The predicted molar refractivity (Wildman–Crippen MR) is 79.4 cm³/mol. The Hall–Kier alpha value is -0.940. The maximum absolute atomic E-state index is 6.54. The Morgan fingerprint density at radius 2 is 2.35 bits per heavy atom. The quantitative estimate of drug-likeness (QED) is 0.867. The molecule has 1 heterocycles. The van der Waals surface area contributed by atoms with Gasteiger partial charge in [-0.1, -0.05) is 19.8 Å². The molecule has 1 saturated carbocycles. The Kier molecular flexibility index (Phi) is 5.16. The fourth-order valence-corrected chi connectivity index (χ4v) is 3.50. The lowest BCUT2D eigenvalue weighted by atomic mass is 9.74. The first-order valence-corrected chi connectivity index (χ1v) is 7.87. The minimum atomic E-state index is -0.184. The molecule has 0 amide bonds. The summed E-state index contributed by atoms with van der Waals surface area (Å²) in [5.41, 5.74) is 6.36. The lowest BCUT2D eigenvalue weighted by Crippen LogP contribution is -2.54. The third-order valence-electron chi connectivity index (χ3n) is 4.50. The van der Waals surface area contributed by atoms with Gasteiger partial charge in [0.25, 0.3) is 0 Å². The van der Waals surface area contributed by atoms with Gasteiger partial charge in [-0.15, -0.1) is 0 Å². The molecule has 1 aliphatic carbocycles. The van der Waals surface area contributed by atoms with Gasteiger partial charge in [-0.2, -0.15) is 5.10 Å². The summed E-state index contributed by atoms with van der Waals surface area (Å²) in [4.78, 5) is 4.35. The SMILES string of the molecule is CCOC1(C(N)Cc2ncnn2CC)CCCC(C)C1. The smallest absolute Gasteiger partial charge is 0.138 e. The van der Waals surface area contributed by atoms with Crippen molar-refractivity contribution in [3.8, 4) is 0 Å². The molecule has 0 radical (unpaired) electrons. The van der Waals surface area contributed by atoms with Crippen LogP contribution in [0.4, 0.5) is 0 Å². The average Bonchev–Trinajstić information content (AvgIpc) is 2.86. The van der Waals surface area contributed by atoms with Gasteiger partial charge in [0.1, 0.15) is 12.2 Å². The highest BCUT2D eigenvalue weighted by molar-refractivity contribution is 5.01. The molecule has 114 valence electrons. The van der Waals surface area contributed by atoms with E-state index in [9.17, 15) is 0 Å². The molecule has 5 heteroatoms. The summed E-state index contributed by atoms with van der Waals surface area (Å²) in [6.45, 7) is 7.99. The lowest BCUT2D eigenvalue weighted by Gasteiger charge is -2.43. The van der Waals surface area contributed by atoms with Gasteiger partial charge in [-0.3, -0.25) is 4.68 Å². The van der Waals surface area contributed by atoms with E-state index in [1.165, 1.54) is 12.8 Å². The number of hydrogen-bond acceptors (Lipinski definition) is 4. The number of rotatable bonds is 6. The number of aromatic nitrogens is 3. The average molecular weight is 280 g/mol. The van der Waals surface area contributed by atoms with Crippen molar-refractivity contribution in [3.63, 3.8) is 0 Å². The van der Waals surface area contributed by atoms with Gasteiger partial charge >= 0.3 is 0 Å². The summed E-state index contributed by atoms with van der Waals surface area (Å²) in [6, 6.07) is -0.0142. The van der Waals surface area contributed by atoms with E-state index in [0.717, 1.165) is 38.2 Å². The monoisotopic (exact) mass is 280 g/mol. The maximum atomic E-state index is 6.54. The van der Waals surface area contributed by atoms with Crippen molar-refractivity contribution in [2.45, 2.75) is 71.1 Å². The Bertz CT molecular complexity index is 416. The molecule has 1 aromatic heterocycles. The predicted octanol–water partition coefficient (Wildman–Crippen LogP) is 2.15. The van der Waals surface area contributed by atoms with Crippen molar-refractivity contribution < 1.29 is 4.74 Å². The van der Waals surface area contributed by atoms with Gasteiger partial charge in [-0.05, 0) is 32.6 Å². The Labute approximate surface area is 121 Å². The topological polar surface area (TPSA) is 66.0 Å². The largest absolute Gasteiger partial charge is 0.374 e. The molecule has 3 atom stereocenters. The number of hydrogen-bond donors (Lipinski definition) is 1. The first kappa shape index (κ1) is 15.4. The van der Waals surface area contributed by atoms with Crippen LogP contribution in [0.2, 0.25) is 0 Å². The number of aryl methyl sites for hydroxylation is 1. The van der Waals surface area contributed by atoms with E-state index in [1.54, 1.807) is 6.33 Å². The van der Waals surface area contributed by atoms with Crippen LogP contribution in [-0.4, -0.2) is 33.0 Å². The summed E-state index contributed by atoms with van der Waals surface area (Å²) in [5.74, 6) is 1.66. The fraction of sp³-hybridized carbons (Fsp3) is 0.867. The fourth-order valence-electron chi connectivity index (χ4n) is 3.50. The molecular formula is C15H28N4O. The van der Waals surface area contributed by atoms with E-state index in [1.807, 2.05) is 4.68 Å². The van der Waals surface area contributed by atoms with Crippen LogP contribution in [0.5, 0.6) is 0 Å². The van der Waals surface area contributed by atoms with E-state index >= 15 is 0 Å². The van der Waals surface area contributed by atoms with Crippen molar-refractivity contribution in [1.82, 2.24) is 14.8 Å². The van der Waals surface area contributed by atoms with Crippen LogP contribution in [0.3, 0.4) is 0 Å². The van der Waals surface area contributed by atoms with E-state index < -0.39 is 0 Å². The van der Waals surface area contributed by atoms with E-state index in [0.29, 0.717) is 5.92 Å². The molecule has 0 saturated heterocycles. The minimum absolute atomic E-state index is 0.0142. The minimum Gasteiger partial charge on any atom is -0.374 e. The molecule has 0 bridgehead atoms. The molecule has 2 N–H and O–H groups in total. The number of nitrogens with two attached hydrogens (primary N) is 1. The Morgan fingerprint density at radius 3 is 3.00 bits per heavy atom. The molecule has 20 heavy (non-hydrogen) atoms. The van der Waals surface area contributed by atoms with Crippen molar-refractivity contribution >= 4 is 0 Å². The van der Waals surface area contributed by atoms with Crippen LogP contribution in [0.25, 0.3) is 0 Å².